The molecular weight excluding hydrogens is 471 g/mol. The molecule has 1 saturated heterocycles. The lowest BCUT2D eigenvalue weighted by Crippen LogP contribution is -2.51. The molecule has 0 spiro atoms. The second-order valence-corrected chi connectivity index (χ2v) is 9.09. The van der Waals surface area contributed by atoms with Crippen molar-refractivity contribution in [2.24, 2.45) is 0 Å². The molecule has 0 atom stereocenters. The molecule has 3 aromatic carbocycles. The van der Waals surface area contributed by atoms with E-state index in [-0.39, 0.29) is 17.8 Å². The number of carbonyl (C=O) groups excluding carboxylic acids is 2. The number of anilines is 1. The fourth-order valence-electron chi connectivity index (χ4n) is 4.32. The van der Waals surface area contributed by atoms with Gasteiger partial charge in [0.2, 0.25) is 5.91 Å². The van der Waals surface area contributed by atoms with Crippen LogP contribution in [0.25, 0.3) is 0 Å². The summed E-state index contributed by atoms with van der Waals surface area (Å²) in [7, 11) is 1.59. The number of halogens is 1. The highest BCUT2D eigenvalue weighted by Gasteiger charge is 2.23. The number of methoxy groups -OCH3 is 1. The molecule has 0 unspecified atom stereocenters. The molecule has 0 bridgehead atoms. The number of rotatable bonds is 9. The average Bonchev–Trinajstić information content (AvgIpc) is 2.93. The fraction of sp³-hybridized carbons (Fsp3) is 0.310. The number of hydrogen-bond donors (Lipinski definition) is 1. The van der Waals surface area contributed by atoms with Crippen LogP contribution in [0.2, 0.25) is 0 Å². The Labute approximate surface area is 217 Å². The molecule has 37 heavy (non-hydrogen) atoms. The van der Waals surface area contributed by atoms with Gasteiger partial charge in [-0.1, -0.05) is 48.5 Å². The first-order valence-electron chi connectivity index (χ1n) is 12.5. The highest BCUT2D eigenvalue weighted by Crippen LogP contribution is 2.17. The van der Waals surface area contributed by atoms with Gasteiger partial charge in [0.25, 0.3) is 0 Å². The summed E-state index contributed by atoms with van der Waals surface area (Å²) in [5.41, 5.74) is 2.55. The van der Waals surface area contributed by atoms with Crippen LogP contribution in [-0.2, 0) is 17.8 Å². The van der Waals surface area contributed by atoms with Gasteiger partial charge in [0, 0.05) is 57.6 Å². The smallest absolute Gasteiger partial charge is 0.321 e. The molecule has 8 heteroatoms. The van der Waals surface area contributed by atoms with Gasteiger partial charge in [-0.2, -0.15) is 0 Å². The first kappa shape index (κ1) is 26.2. The molecule has 194 valence electrons. The second-order valence-electron chi connectivity index (χ2n) is 9.09. The highest BCUT2D eigenvalue weighted by molar-refractivity contribution is 5.89. The van der Waals surface area contributed by atoms with Crippen LogP contribution in [-0.4, -0.2) is 73.0 Å². The van der Waals surface area contributed by atoms with Crippen molar-refractivity contribution in [1.82, 2.24) is 14.7 Å². The predicted octanol–water partition coefficient (Wildman–Crippen LogP) is 4.26. The van der Waals surface area contributed by atoms with Crippen LogP contribution < -0.4 is 10.1 Å². The van der Waals surface area contributed by atoms with E-state index >= 15 is 0 Å². The van der Waals surface area contributed by atoms with E-state index in [1.54, 1.807) is 30.2 Å². The van der Waals surface area contributed by atoms with Gasteiger partial charge in [-0.3, -0.25) is 9.69 Å². The lowest BCUT2D eigenvalue weighted by atomic mass is 10.1. The molecule has 3 aromatic rings. The predicted molar refractivity (Wildman–Crippen MR) is 142 cm³/mol. The molecule has 0 aromatic heterocycles. The van der Waals surface area contributed by atoms with Gasteiger partial charge in [0.15, 0.2) is 0 Å². The zero-order valence-electron chi connectivity index (χ0n) is 21.1. The number of carbonyl (C=O) groups is 2. The number of nitrogens with one attached hydrogen (secondary N) is 1. The summed E-state index contributed by atoms with van der Waals surface area (Å²) >= 11 is 0. The van der Waals surface area contributed by atoms with Crippen LogP contribution >= 0.6 is 0 Å². The van der Waals surface area contributed by atoms with Crippen molar-refractivity contribution in [1.29, 1.82) is 0 Å². The summed E-state index contributed by atoms with van der Waals surface area (Å²) in [6, 6.07) is 23.1. The maximum absolute atomic E-state index is 13.4. The number of hydrogen-bond acceptors (Lipinski definition) is 4. The van der Waals surface area contributed by atoms with Crippen molar-refractivity contribution in [3.05, 3.63) is 95.8 Å². The Kier molecular flexibility index (Phi) is 9.10. The van der Waals surface area contributed by atoms with Crippen molar-refractivity contribution < 1.29 is 18.7 Å². The van der Waals surface area contributed by atoms with Gasteiger partial charge in [0.1, 0.15) is 11.6 Å². The third-order valence-electron chi connectivity index (χ3n) is 6.50. The molecule has 1 N–H and O–H groups in total. The highest BCUT2D eigenvalue weighted by atomic mass is 19.1. The summed E-state index contributed by atoms with van der Waals surface area (Å²) in [5.74, 6) is 0.431. The number of nitrogens with zero attached hydrogens (tertiary/aromatic N) is 3. The Morgan fingerprint density at radius 1 is 0.919 bits per heavy atom. The zero-order valence-corrected chi connectivity index (χ0v) is 21.1. The average molecular weight is 505 g/mol. The van der Waals surface area contributed by atoms with Crippen LogP contribution in [0.3, 0.4) is 0 Å². The Morgan fingerprint density at radius 3 is 2.35 bits per heavy atom. The number of piperazine rings is 1. The van der Waals surface area contributed by atoms with Crippen LogP contribution in [0.5, 0.6) is 5.75 Å². The quantitative estimate of drug-likeness (QED) is 0.473. The van der Waals surface area contributed by atoms with Crippen LogP contribution in [0.1, 0.15) is 11.1 Å². The standard InChI is InChI=1S/C29H33FN4O3/c1-37-27-9-5-8-26(21-27)31-29(36)33-17-14-32(15-18-33)16-19-34(22-24-10-12-25(30)13-11-24)28(35)20-23-6-3-2-4-7-23/h2-13,21H,14-20,22H2,1H3,(H,31,36). The van der Waals surface area contributed by atoms with Crippen LogP contribution in [0, 0.1) is 5.82 Å². The monoisotopic (exact) mass is 504 g/mol. The summed E-state index contributed by atoms with van der Waals surface area (Å²) in [4.78, 5) is 31.8. The third kappa shape index (κ3) is 7.79. The third-order valence-corrected chi connectivity index (χ3v) is 6.50. The van der Waals surface area contributed by atoms with Crippen molar-refractivity contribution >= 4 is 17.6 Å². The Morgan fingerprint density at radius 2 is 1.65 bits per heavy atom. The molecule has 1 fully saturated rings. The molecule has 0 aliphatic carbocycles. The largest absolute Gasteiger partial charge is 0.497 e. The van der Waals surface area contributed by atoms with E-state index in [2.05, 4.69) is 10.2 Å². The second kappa shape index (κ2) is 12.9. The van der Waals surface area contributed by atoms with Crippen molar-refractivity contribution in [2.75, 3.05) is 51.7 Å². The van der Waals surface area contributed by atoms with Gasteiger partial charge in [0.05, 0.1) is 13.5 Å². The number of amides is 3. The van der Waals surface area contributed by atoms with Gasteiger partial charge >= 0.3 is 6.03 Å². The normalized spacial score (nSPS) is 13.7. The lowest BCUT2D eigenvalue weighted by molar-refractivity contribution is -0.131. The number of ether oxygens (including phenoxy) is 1. The van der Waals surface area contributed by atoms with E-state index in [0.717, 1.165) is 24.2 Å². The van der Waals surface area contributed by atoms with E-state index in [0.29, 0.717) is 50.6 Å². The van der Waals surface area contributed by atoms with E-state index in [1.165, 1.54) is 12.1 Å². The number of benzene rings is 3. The maximum Gasteiger partial charge on any atom is 0.321 e. The van der Waals surface area contributed by atoms with Crippen LogP contribution in [0.4, 0.5) is 14.9 Å². The molecule has 1 aliphatic heterocycles. The van der Waals surface area contributed by atoms with E-state index < -0.39 is 0 Å². The van der Waals surface area contributed by atoms with E-state index in [4.69, 9.17) is 4.74 Å². The lowest BCUT2D eigenvalue weighted by Gasteiger charge is -2.36. The van der Waals surface area contributed by atoms with Gasteiger partial charge in [-0.25, -0.2) is 9.18 Å². The van der Waals surface area contributed by atoms with E-state index in [1.807, 2.05) is 53.4 Å². The minimum absolute atomic E-state index is 0.0341. The zero-order chi connectivity index (χ0) is 26.0. The van der Waals surface area contributed by atoms with Gasteiger partial charge < -0.3 is 19.9 Å². The Balaban J connectivity index is 1.30. The van der Waals surface area contributed by atoms with Crippen molar-refractivity contribution in [3.63, 3.8) is 0 Å². The summed E-state index contributed by atoms with van der Waals surface area (Å²) in [6.07, 6.45) is 0.320. The minimum atomic E-state index is -0.292. The van der Waals surface area contributed by atoms with Crippen molar-refractivity contribution in [3.8, 4) is 5.75 Å². The molecule has 3 amide bonds. The summed E-state index contributed by atoms with van der Waals surface area (Å²) in [6.45, 7) is 4.34. The topological polar surface area (TPSA) is 65.1 Å². The van der Waals surface area contributed by atoms with E-state index in [9.17, 15) is 14.0 Å². The van der Waals surface area contributed by atoms with Gasteiger partial charge in [-0.05, 0) is 35.4 Å². The first-order valence-corrected chi connectivity index (χ1v) is 12.5. The van der Waals surface area contributed by atoms with Gasteiger partial charge in [-0.15, -0.1) is 0 Å². The Bertz CT molecular complexity index is 1170. The first-order chi connectivity index (χ1) is 18.0. The molecule has 1 aliphatic rings. The molecule has 1 heterocycles. The molecular formula is C29H33FN4O3. The maximum atomic E-state index is 13.4. The Hall–Kier alpha value is -3.91. The SMILES string of the molecule is COc1cccc(NC(=O)N2CCN(CCN(Cc3ccc(F)cc3)C(=O)Cc3ccccc3)CC2)c1. The molecule has 0 saturated carbocycles. The summed E-state index contributed by atoms with van der Waals surface area (Å²) < 4.78 is 18.6. The fourth-order valence-corrected chi connectivity index (χ4v) is 4.32. The number of urea groups is 1. The molecule has 0 radical (unpaired) electrons. The van der Waals surface area contributed by atoms with Crippen LogP contribution in [0.15, 0.2) is 78.9 Å². The minimum Gasteiger partial charge on any atom is -0.497 e. The van der Waals surface area contributed by atoms with Crippen molar-refractivity contribution in [2.45, 2.75) is 13.0 Å². The molecule has 7 nitrogen and oxygen atoms in total. The summed E-state index contributed by atoms with van der Waals surface area (Å²) in [5, 5.41) is 2.93. The molecule has 4 rings (SSSR count).